The smallest absolute Gasteiger partial charge is 0.326 e. The minimum absolute atomic E-state index is 0.329. The summed E-state index contributed by atoms with van der Waals surface area (Å²) in [6.07, 6.45) is 2.26. The van der Waals surface area contributed by atoms with Gasteiger partial charge in [0, 0.05) is 5.56 Å². The van der Waals surface area contributed by atoms with Crippen LogP contribution in [-0.4, -0.2) is 48.8 Å². The summed E-state index contributed by atoms with van der Waals surface area (Å²) in [6.45, 7) is 2.33. The van der Waals surface area contributed by atoms with Crippen molar-refractivity contribution in [2.45, 2.75) is 19.4 Å². The van der Waals surface area contributed by atoms with E-state index in [1.807, 2.05) is 13.2 Å². The molecule has 1 aromatic carbocycles. The van der Waals surface area contributed by atoms with Crippen molar-refractivity contribution < 1.29 is 24.2 Å². The van der Waals surface area contributed by atoms with E-state index >= 15 is 0 Å². The molecule has 0 radical (unpaired) electrons. The molecule has 6 nitrogen and oxygen atoms in total. The zero-order valence-electron chi connectivity index (χ0n) is 12.9. The van der Waals surface area contributed by atoms with E-state index in [1.165, 1.54) is 24.9 Å². The molecule has 0 heterocycles. The van der Waals surface area contributed by atoms with Crippen LogP contribution in [0.3, 0.4) is 0 Å². The molecule has 0 aliphatic rings. The first-order valence-electron chi connectivity index (χ1n) is 6.86. The van der Waals surface area contributed by atoms with Crippen LogP contribution in [0.2, 0.25) is 0 Å². The number of carbonyl (C=O) groups excluding carboxylic acids is 1. The standard InChI is InChI=1S/C15H21NO5S/c1-4-21-12-6-5-10(9-13(12)20-2)14(17)16-11(15(18)19)7-8-22-3/h5-6,9,11H,4,7-8H2,1-3H3,(H,16,17)(H,18,19). The average molecular weight is 327 g/mol. The Balaban J connectivity index is 2.85. The molecule has 1 rings (SSSR count). The topological polar surface area (TPSA) is 84.9 Å². The zero-order valence-corrected chi connectivity index (χ0v) is 13.7. The van der Waals surface area contributed by atoms with Gasteiger partial charge in [-0.15, -0.1) is 0 Å². The first kappa shape index (κ1) is 18.2. The molecular formula is C15H21NO5S. The van der Waals surface area contributed by atoms with E-state index in [0.717, 1.165) is 0 Å². The van der Waals surface area contributed by atoms with Crippen LogP contribution >= 0.6 is 11.8 Å². The molecule has 0 saturated carbocycles. The minimum atomic E-state index is -1.04. The molecule has 1 unspecified atom stereocenters. The largest absolute Gasteiger partial charge is 0.493 e. The van der Waals surface area contributed by atoms with Crippen molar-refractivity contribution in [3.63, 3.8) is 0 Å². The molecular weight excluding hydrogens is 306 g/mol. The lowest BCUT2D eigenvalue weighted by molar-refractivity contribution is -0.139. The van der Waals surface area contributed by atoms with Crippen LogP contribution in [0.25, 0.3) is 0 Å². The normalized spacial score (nSPS) is 11.6. The maximum atomic E-state index is 12.2. The second-order valence-corrected chi connectivity index (χ2v) is 5.43. The van der Waals surface area contributed by atoms with E-state index in [2.05, 4.69) is 5.32 Å². The van der Waals surface area contributed by atoms with Gasteiger partial charge in [0.1, 0.15) is 6.04 Å². The number of carboxylic acid groups (broad SMARTS) is 1. The number of nitrogens with one attached hydrogen (secondary N) is 1. The summed E-state index contributed by atoms with van der Waals surface area (Å²) in [5, 5.41) is 11.7. The molecule has 7 heteroatoms. The van der Waals surface area contributed by atoms with Crippen LogP contribution in [0.1, 0.15) is 23.7 Å². The number of methoxy groups -OCH3 is 1. The summed E-state index contributed by atoms with van der Waals surface area (Å²) in [4.78, 5) is 23.3. The van der Waals surface area contributed by atoms with Gasteiger partial charge >= 0.3 is 5.97 Å². The third kappa shape index (κ3) is 5.14. The van der Waals surface area contributed by atoms with Crippen molar-refractivity contribution >= 4 is 23.6 Å². The lowest BCUT2D eigenvalue weighted by Gasteiger charge is -2.15. The third-order valence-corrected chi connectivity index (χ3v) is 3.58. The van der Waals surface area contributed by atoms with E-state index < -0.39 is 17.9 Å². The van der Waals surface area contributed by atoms with Crippen LogP contribution in [0.4, 0.5) is 0 Å². The Hall–Kier alpha value is -1.89. The highest BCUT2D eigenvalue weighted by atomic mass is 32.2. The van der Waals surface area contributed by atoms with Gasteiger partial charge in [-0.1, -0.05) is 0 Å². The van der Waals surface area contributed by atoms with Gasteiger partial charge in [-0.3, -0.25) is 4.79 Å². The predicted octanol–water partition coefficient (Wildman–Crippen LogP) is 2.03. The fourth-order valence-corrected chi connectivity index (χ4v) is 2.29. The monoisotopic (exact) mass is 327 g/mol. The summed E-state index contributed by atoms with van der Waals surface area (Å²) in [5.41, 5.74) is 0.329. The van der Waals surface area contributed by atoms with E-state index in [4.69, 9.17) is 14.6 Å². The van der Waals surface area contributed by atoms with Crippen LogP contribution in [0, 0.1) is 0 Å². The van der Waals surface area contributed by atoms with Crippen LogP contribution < -0.4 is 14.8 Å². The van der Waals surface area contributed by atoms with Gasteiger partial charge < -0.3 is 19.9 Å². The van der Waals surface area contributed by atoms with Crippen LogP contribution in [0.5, 0.6) is 11.5 Å². The molecule has 0 aliphatic heterocycles. The number of carbonyl (C=O) groups is 2. The summed E-state index contributed by atoms with van der Waals surface area (Å²) >= 11 is 1.53. The molecule has 22 heavy (non-hydrogen) atoms. The molecule has 0 aromatic heterocycles. The number of carboxylic acids is 1. The molecule has 0 saturated heterocycles. The molecule has 0 fully saturated rings. The number of rotatable bonds is 9. The van der Waals surface area contributed by atoms with Gasteiger partial charge in [0.2, 0.25) is 0 Å². The lowest BCUT2D eigenvalue weighted by Crippen LogP contribution is -2.41. The number of amides is 1. The number of benzene rings is 1. The number of ether oxygens (including phenoxy) is 2. The molecule has 0 spiro atoms. The number of hydrogen-bond donors (Lipinski definition) is 2. The Kier molecular flexibility index (Phi) is 7.59. The molecule has 1 atom stereocenters. The lowest BCUT2D eigenvalue weighted by atomic mass is 10.1. The number of aliphatic carboxylic acids is 1. The van der Waals surface area contributed by atoms with E-state index in [9.17, 15) is 9.59 Å². The third-order valence-electron chi connectivity index (χ3n) is 2.94. The second kappa shape index (κ2) is 9.19. The second-order valence-electron chi connectivity index (χ2n) is 4.44. The summed E-state index contributed by atoms with van der Waals surface area (Å²) in [6, 6.07) is 3.84. The Labute approximate surface area is 134 Å². The first-order chi connectivity index (χ1) is 10.5. The van der Waals surface area contributed by atoms with Crippen LogP contribution in [0.15, 0.2) is 18.2 Å². The fourth-order valence-electron chi connectivity index (χ4n) is 1.82. The van der Waals surface area contributed by atoms with Crippen molar-refractivity contribution in [2.75, 3.05) is 25.7 Å². The first-order valence-corrected chi connectivity index (χ1v) is 8.26. The maximum absolute atomic E-state index is 12.2. The number of hydrogen-bond acceptors (Lipinski definition) is 5. The molecule has 0 bridgehead atoms. The number of thioether (sulfide) groups is 1. The predicted molar refractivity (Wildman–Crippen MR) is 86.1 cm³/mol. The average Bonchev–Trinajstić information content (AvgIpc) is 2.51. The zero-order chi connectivity index (χ0) is 16.5. The van der Waals surface area contributed by atoms with Gasteiger partial charge in [-0.2, -0.15) is 11.8 Å². The molecule has 0 aliphatic carbocycles. The Morgan fingerprint density at radius 1 is 1.36 bits per heavy atom. The fraction of sp³-hybridized carbons (Fsp3) is 0.467. The van der Waals surface area contributed by atoms with Gasteiger partial charge in [0.25, 0.3) is 5.91 Å². The Morgan fingerprint density at radius 3 is 2.64 bits per heavy atom. The minimum Gasteiger partial charge on any atom is -0.493 e. The van der Waals surface area contributed by atoms with E-state index in [1.54, 1.807) is 12.1 Å². The van der Waals surface area contributed by atoms with Crippen molar-refractivity contribution in [2.24, 2.45) is 0 Å². The summed E-state index contributed by atoms with van der Waals surface area (Å²) < 4.78 is 10.6. The van der Waals surface area contributed by atoms with Gasteiger partial charge in [0.05, 0.1) is 13.7 Å². The Bertz CT molecular complexity index is 521. The van der Waals surface area contributed by atoms with Crippen molar-refractivity contribution in [1.29, 1.82) is 0 Å². The highest BCUT2D eigenvalue weighted by Gasteiger charge is 2.21. The molecule has 1 amide bonds. The van der Waals surface area contributed by atoms with Gasteiger partial charge in [-0.05, 0) is 43.6 Å². The highest BCUT2D eigenvalue weighted by Crippen LogP contribution is 2.28. The summed E-state index contributed by atoms with van der Waals surface area (Å²) in [5.74, 6) is 0.142. The van der Waals surface area contributed by atoms with Gasteiger partial charge in [0.15, 0.2) is 11.5 Å². The SMILES string of the molecule is CCOc1ccc(C(=O)NC(CCSC)C(=O)O)cc1OC. The van der Waals surface area contributed by atoms with Gasteiger partial charge in [-0.25, -0.2) is 4.79 Å². The van der Waals surface area contributed by atoms with Crippen molar-refractivity contribution in [3.05, 3.63) is 23.8 Å². The molecule has 2 N–H and O–H groups in total. The van der Waals surface area contributed by atoms with Crippen LogP contribution in [-0.2, 0) is 4.79 Å². The molecule has 122 valence electrons. The summed E-state index contributed by atoms with van der Waals surface area (Å²) in [7, 11) is 1.48. The molecule has 1 aromatic rings. The maximum Gasteiger partial charge on any atom is 0.326 e. The van der Waals surface area contributed by atoms with E-state index in [-0.39, 0.29) is 0 Å². The quantitative estimate of drug-likeness (QED) is 0.722. The van der Waals surface area contributed by atoms with Crippen molar-refractivity contribution in [3.8, 4) is 11.5 Å². The highest BCUT2D eigenvalue weighted by molar-refractivity contribution is 7.98. The van der Waals surface area contributed by atoms with E-state index in [0.29, 0.717) is 35.8 Å². The van der Waals surface area contributed by atoms with Crippen molar-refractivity contribution in [1.82, 2.24) is 5.32 Å². The Morgan fingerprint density at radius 2 is 2.09 bits per heavy atom.